The molecule has 0 amide bonds. The van der Waals surface area contributed by atoms with Crippen LogP contribution in [0, 0.1) is 0 Å². The van der Waals surface area contributed by atoms with Crippen LogP contribution in [-0.4, -0.2) is 35.5 Å². The molecule has 0 unspecified atom stereocenters. The summed E-state index contributed by atoms with van der Waals surface area (Å²) < 4.78 is 33.0. The summed E-state index contributed by atoms with van der Waals surface area (Å²) in [5, 5.41) is 0.789. The molecule has 0 bridgehead atoms. The molecule has 0 aliphatic heterocycles. The number of fused-ring (bicyclic) bond motifs is 1. The van der Waals surface area contributed by atoms with E-state index in [2.05, 4.69) is 0 Å². The molecule has 0 atom stereocenters. The van der Waals surface area contributed by atoms with Crippen molar-refractivity contribution in [3.8, 4) is 40.1 Å². The first kappa shape index (κ1) is 16.8. The number of benzene rings is 2. The molecule has 0 saturated carbocycles. The Kier molecular flexibility index (Phi) is 4.61. The summed E-state index contributed by atoms with van der Waals surface area (Å²) in [6, 6.07) is 9.23. The SMILES string of the molecule is COc1cc(OC)cc(-c2cc3c(OC)c(OC)c(OC)cc3o2)c1. The van der Waals surface area contributed by atoms with E-state index in [1.54, 1.807) is 47.7 Å². The monoisotopic (exact) mass is 344 g/mol. The van der Waals surface area contributed by atoms with E-state index in [9.17, 15) is 0 Å². The predicted molar refractivity (Wildman–Crippen MR) is 94.4 cm³/mol. The van der Waals surface area contributed by atoms with Crippen LogP contribution in [0.5, 0.6) is 28.7 Å². The van der Waals surface area contributed by atoms with Crippen LogP contribution >= 0.6 is 0 Å². The van der Waals surface area contributed by atoms with Crippen molar-refractivity contribution >= 4 is 11.0 Å². The van der Waals surface area contributed by atoms with Gasteiger partial charge in [-0.05, 0) is 18.2 Å². The van der Waals surface area contributed by atoms with Crippen molar-refractivity contribution in [3.05, 3.63) is 30.3 Å². The smallest absolute Gasteiger partial charge is 0.204 e. The van der Waals surface area contributed by atoms with Gasteiger partial charge in [0, 0.05) is 17.7 Å². The predicted octanol–water partition coefficient (Wildman–Crippen LogP) is 4.14. The Balaban J connectivity index is 2.22. The van der Waals surface area contributed by atoms with E-state index in [0.29, 0.717) is 40.1 Å². The molecule has 2 aromatic carbocycles. The number of hydrogen-bond donors (Lipinski definition) is 0. The molecule has 1 heterocycles. The van der Waals surface area contributed by atoms with Crippen molar-refractivity contribution in [1.82, 2.24) is 0 Å². The number of methoxy groups -OCH3 is 5. The fourth-order valence-corrected chi connectivity index (χ4v) is 2.75. The van der Waals surface area contributed by atoms with Crippen molar-refractivity contribution in [3.63, 3.8) is 0 Å². The Morgan fingerprint density at radius 1 is 0.640 bits per heavy atom. The Labute approximate surface area is 145 Å². The van der Waals surface area contributed by atoms with Gasteiger partial charge in [0.25, 0.3) is 0 Å². The van der Waals surface area contributed by atoms with Crippen LogP contribution in [0.1, 0.15) is 0 Å². The lowest BCUT2D eigenvalue weighted by Gasteiger charge is -2.12. The summed E-state index contributed by atoms with van der Waals surface area (Å²) in [5.74, 6) is 3.63. The fraction of sp³-hybridized carbons (Fsp3) is 0.263. The molecule has 6 heteroatoms. The van der Waals surface area contributed by atoms with Crippen LogP contribution in [0.2, 0.25) is 0 Å². The highest BCUT2D eigenvalue weighted by Gasteiger charge is 2.20. The molecule has 0 aliphatic rings. The van der Waals surface area contributed by atoms with Crippen LogP contribution < -0.4 is 23.7 Å². The van der Waals surface area contributed by atoms with E-state index < -0.39 is 0 Å². The average Bonchev–Trinajstić information content (AvgIpc) is 3.09. The highest BCUT2D eigenvalue weighted by atomic mass is 16.5. The molecule has 1 aromatic heterocycles. The first-order chi connectivity index (χ1) is 12.1. The highest BCUT2D eigenvalue weighted by molar-refractivity contribution is 5.93. The highest BCUT2D eigenvalue weighted by Crippen LogP contribution is 2.46. The minimum Gasteiger partial charge on any atom is -0.497 e. The van der Waals surface area contributed by atoms with Gasteiger partial charge in [-0.3, -0.25) is 0 Å². The van der Waals surface area contributed by atoms with Gasteiger partial charge in [-0.25, -0.2) is 0 Å². The number of rotatable bonds is 6. The van der Waals surface area contributed by atoms with Crippen molar-refractivity contribution in [2.24, 2.45) is 0 Å². The quantitative estimate of drug-likeness (QED) is 0.670. The van der Waals surface area contributed by atoms with Gasteiger partial charge in [-0.2, -0.15) is 0 Å². The van der Waals surface area contributed by atoms with Gasteiger partial charge in [-0.1, -0.05) is 0 Å². The van der Waals surface area contributed by atoms with E-state index >= 15 is 0 Å². The maximum atomic E-state index is 6.01. The molecule has 0 fully saturated rings. The van der Waals surface area contributed by atoms with Crippen LogP contribution in [0.3, 0.4) is 0 Å². The van der Waals surface area contributed by atoms with Crippen molar-refractivity contribution in [2.75, 3.05) is 35.5 Å². The van der Waals surface area contributed by atoms with Gasteiger partial charge in [0.15, 0.2) is 11.5 Å². The molecule has 6 nitrogen and oxygen atoms in total. The zero-order valence-electron chi connectivity index (χ0n) is 14.8. The Morgan fingerprint density at radius 2 is 1.28 bits per heavy atom. The van der Waals surface area contributed by atoms with Crippen LogP contribution in [0.15, 0.2) is 34.7 Å². The standard InChI is InChI=1S/C19H20O6/c1-20-12-6-11(7-13(8-12)21-2)15-9-14-16(25-15)10-17(22-3)19(24-5)18(14)23-4/h6-10H,1-5H3. The van der Waals surface area contributed by atoms with Crippen LogP contribution in [0.4, 0.5) is 0 Å². The van der Waals surface area contributed by atoms with Gasteiger partial charge in [0.1, 0.15) is 22.8 Å². The van der Waals surface area contributed by atoms with Crippen molar-refractivity contribution in [2.45, 2.75) is 0 Å². The summed E-state index contributed by atoms with van der Waals surface area (Å²) >= 11 is 0. The zero-order valence-corrected chi connectivity index (χ0v) is 14.8. The third-order valence-electron chi connectivity index (χ3n) is 3.96. The van der Waals surface area contributed by atoms with Gasteiger partial charge in [-0.15, -0.1) is 0 Å². The Morgan fingerprint density at radius 3 is 1.80 bits per heavy atom. The van der Waals surface area contributed by atoms with Crippen molar-refractivity contribution < 1.29 is 28.1 Å². The van der Waals surface area contributed by atoms with Gasteiger partial charge < -0.3 is 28.1 Å². The summed E-state index contributed by atoms with van der Waals surface area (Å²) in [7, 11) is 7.93. The third kappa shape index (κ3) is 2.91. The summed E-state index contributed by atoms with van der Waals surface area (Å²) in [4.78, 5) is 0. The van der Waals surface area contributed by atoms with Gasteiger partial charge in [0.2, 0.25) is 5.75 Å². The molecule has 25 heavy (non-hydrogen) atoms. The number of furan rings is 1. The average molecular weight is 344 g/mol. The van der Waals surface area contributed by atoms with Gasteiger partial charge in [0.05, 0.1) is 40.9 Å². The topological polar surface area (TPSA) is 59.3 Å². The molecule has 0 spiro atoms. The second-order valence-electron chi connectivity index (χ2n) is 5.27. The van der Waals surface area contributed by atoms with E-state index in [-0.39, 0.29) is 0 Å². The Hall–Kier alpha value is -3.02. The number of ether oxygens (including phenoxy) is 5. The largest absolute Gasteiger partial charge is 0.497 e. The molecular weight excluding hydrogens is 324 g/mol. The van der Waals surface area contributed by atoms with Crippen LogP contribution in [-0.2, 0) is 0 Å². The first-order valence-electron chi connectivity index (χ1n) is 7.61. The summed E-state index contributed by atoms with van der Waals surface area (Å²) in [5.41, 5.74) is 1.46. The third-order valence-corrected chi connectivity index (χ3v) is 3.96. The van der Waals surface area contributed by atoms with Gasteiger partial charge >= 0.3 is 0 Å². The number of hydrogen-bond acceptors (Lipinski definition) is 6. The lowest BCUT2D eigenvalue weighted by molar-refractivity contribution is 0.327. The molecule has 0 aliphatic carbocycles. The molecule has 0 N–H and O–H groups in total. The first-order valence-corrected chi connectivity index (χ1v) is 7.61. The van der Waals surface area contributed by atoms with E-state index in [0.717, 1.165) is 10.9 Å². The minimum absolute atomic E-state index is 0.521. The lowest BCUT2D eigenvalue weighted by Crippen LogP contribution is -1.94. The maximum absolute atomic E-state index is 6.01. The minimum atomic E-state index is 0.521. The Bertz CT molecular complexity index is 874. The molecule has 0 saturated heterocycles. The van der Waals surface area contributed by atoms with Crippen LogP contribution in [0.25, 0.3) is 22.3 Å². The fourth-order valence-electron chi connectivity index (χ4n) is 2.75. The van der Waals surface area contributed by atoms with Crippen molar-refractivity contribution in [1.29, 1.82) is 0 Å². The second-order valence-corrected chi connectivity index (χ2v) is 5.27. The maximum Gasteiger partial charge on any atom is 0.204 e. The summed E-state index contributed by atoms with van der Waals surface area (Å²) in [6.07, 6.45) is 0. The molecule has 3 aromatic rings. The van der Waals surface area contributed by atoms with E-state index in [1.165, 1.54) is 0 Å². The van der Waals surface area contributed by atoms with E-state index in [4.69, 9.17) is 28.1 Å². The zero-order chi connectivity index (χ0) is 18.0. The molecule has 3 rings (SSSR count). The molecule has 0 radical (unpaired) electrons. The second kappa shape index (κ2) is 6.84. The lowest BCUT2D eigenvalue weighted by atomic mass is 10.1. The van der Waals surface area contributed by atoms with E-state index in [1.807, 2.05) is 18.2 Å². The molecular formula is C19H20O6. The molecule has 132 valence electrons. The summed E-state index contributed by atoms with van der Waals surface area (Å²) in [6.45, 7) is 0. The normalized spacial score (nSPS) is 10.6.